The predicted octanol–water partition coefficient (Wildman–Crippen LogP) is 2.54. The molecule has 0 atom stereocenters. The van der Waals surface area contributed by atoms with Gasteiger partial charge in [-0.15, -0.1) is 0 Å². The molecule has 2 rings (SSSR count). The Hall–Kier alpha value is -3.09. The fraction of sp³-hybridized carbons (Fsp3) is 0.409. The molecule has 7 nitrogen and oxygen atoms in total. The van der Waals surface area contributed by atoms with Gasteiger partial charge in [0.05, 0.1) is 14.2 Å². The number of amides is 2. The van der Waals surface area contributed by atoms with Gasteiger partial charge >= 0.3 is 0 Å². The Bertz CT molecular complexity index is 811. The molecule has 2 aromatic rings. The van der Waals surface area contributed by atoms with E-state index in [1.807, 2.05) is 30.3 Å². The van der Waals surface area contributed by atoms with Crippen molar-refractivity contribution < 1.29 is 19.1 Å². The SMILES string of the molecule is COc1ccc(CN(CCC(=O)N(C)CCc2ccncc2)C(C)=O)cc1OC. The largest absolute Gasteiger partial charge is 0.493 e. The van der Waals surface area contributed by atoms with E-state index in [-0.39, 0.29) is 18.2 Å². The van der Waals surface area contributed by atoms with E-state index in [4.69, 9.17) is 9.47 Å². The second-order valence-electron chi connectivity index (χ2n) is 6.80. The van der Waals surface area contributed by atoms with Gasteiger partial charge in [0.15, 0.2) is 11.5 Å². The van der Waals surface area contributed by atoms with Gasteiger partial charge in [-0.2, -0.15) is 0 Å². The van der Waals surface area contributed by atoms with Crippen molar-refractivity contribution in [3.63, 3.8) is 0 Å². The zero-order valence-corrected chi connectivity index (χ0v) is 17.6. The number of hydrogen-bond acceptors (Lipinski definition) is 5. The van der Waals surface area contributed by atoms with Gasteiger partial charge < -0.3 is 19.3 Å². The van der Waals surface area contributed by atoms with Crippen LogP contribution in [0.1, 0.15) is 24.5 Å². The molecule has 0 spiro atoms. The molecule has 1 aromatic carbocycles. The fourth-order valence-corrected chi connectivity index (χ4v) is 2.94. The minimum atomic E-state index is -0.0768. The van der Waals surface area contributed by atoms with Crippen LogP contribution in [-0.2, 0) is 22.6 Å². The van der Waals surface area contributed by atoms with Crippen molar-refractivity contribution >= 4 is 11.8 Å². The Morgan fingerprint density at radius 2 is 1.66 bits per heavy atom. The summed E-state index contributed by atoms with van der Waals surface area (Å²) < 4.78 is 10.6. The summed E-state index contributed by atoms with van der Waals surface area (Å²) in [5.74, 6) is 1.18. The maximum Gasteiger partial charge on any atom is 0.224 e. The number of ether oxygens (including phenoxy) is 2. The molecule has 0 unspecified atom stereocenters. The van der Waals surface area contributed by atoms with E-state index < -0.39 is 0 Å². The Kier molecular flexibility index (Phi) is 8.45. The van der Waals surface area contributed by atoms with Crippen molar-refractivity contribution in [2.45, 2.75) is 26.3 Å². The molecule has 7 heteroatoms. The van der Waals surface area contributed by atoms with E-state index in [0.29, 0.717) is 31.1 Å². The van der Waals surface area contributed by atoms with Gasteiger partial charge in [0.1, 0.15) is 0 Å². The second-order valence-corrected chi connectivity index (χ2v) is 6.80. The second kappa shape index (κ2) is 11.0. The summed E-state index contributed by atoms with van der Waals surface area (Å²) in [5, 5.41) is 0. The molecule has 0 radical (unpaired) electrons. The molecular weight excluding hydrogens is 370 g/mol. The molecule has 0 aliphatic heterocycles. The quantitative estimate of drug-likeness (QED) is 0.614. The van der Waals surface area contributed by atoms with Crippen LogP contribution in [0.15, 0.2) is 42.7 Å². The van der Waals surface area contributed by atoms with E-state index in [1.54, 1.807) is 43.5 Å². The molecule has 0 N–H and O–H groups in total. The molecule has 0 aliphatic rings. The number of benzene rings is 1. The maximum absolute atomic E-state index is 12.5. The number of rotatable bonds is 10. The Morgan fingerprint density at radius 3 is 2.28 bits per heavy atom. The summed E-state index contributed by atoms with van der Waals surface area (Å²) in [7, 11) is 4.94. The van der Waals surface area contributed by atoms with Crippen molar-refractivity contribution in [3.05, 3.63) is 53.9 Å². The fourth-order valence-electron chi connectivity index (χ4n) is 2.94. The lowest BCUT2D eigenvalue weighted by Crippen LogP contribution is -2.35. The standard InChI is InChI=1S/C22H29N3O4/c1-17(26)25(16-19-5-6-20(28-3)21(15-19)29-4)14-10-22(27)24(2)13-9-18-7-11-23-12-8-18/h5-8,11-12,15H,9-10,13-14,16H2,1-4H3. The number of methoxy groups -OCH3 is 2. The highest BCUT2D eigenvalue weighted by atomic mass is 16.5. The molecule has 0 saturated heterocycles. The van der Waals surface area contributed by atoms with Crippen LogP contribution in [0.2, 0.25) is 0 Å². The molecule has 0 saturated carbocycles. The maximum atomic E-state index is 12.5. The van der Waals surface area contributed by atoms with E-state index in [0.717, 1.165) is 17.5 Å². The molecule has 0 bridgehead atoms. The molecular formula is C22H29N3O4. The summed E-state index contributed by atoms with van der Waals surface area (Å²) >= 11 is 0. The highest BCUT2D eigenvalue weighted by Crippen LogP contribution is 2.28. The summed E-state index contributed by atoms with van der Waals surface area (Å²) in [6.45, 7) is 2.91. The van der Waals surface area contributed by atoms with Gasteiger partial charge in [0, 0.05) is 52.4 Å². The monoisotopic (exact) mass is 399 g/mol. The van der Waals surface area contributed by atoms with Crippen molar-refractivity contribution in [1.82, 2.24) is 14.8 Å². The normalized spacial score (nSPS) is 10.3. The van der Waals surface area contributed by atoms with Crippen LogP contribution in [0.5, 0.6) is 11.5 Å². The lowest BCUT2D eigenvalue weighted by atomic mass is 10.1. The molecule has 0 fully saturated rings. The van der Waals surface area contributed by atoms with Crippen LogP contribution in [-0.4, -0.2) is 61.0 Å². The minimum Gasteiger partial charge on any atom is -0.493 e. The molecule has 29 heavy (non-hydrogen) atoms. The van der Waals surface area contributed by atoms with Crippen molar-refractivity contribution in [3.8, 4) is 11.5 Å². The molecule has 156 valence electrons. The van der Waals surface area contributed by atoms with Gasteiger partial charge in [-0.3, -0.25) is 14.6 Å². The van der Waals surface area contributed by atoms with E-state index in [2.05, 4.69) is 4.98 Å². The van der Waals surface area contributed by atoms with E-state index in [9.17, 15) is 9.59 Å². The molecule has 1 aromatic heterocycles. The van der Waals surface area contributed by atoms with Crippen LogP contribution >= 0.6 is 0 Å². The number of aromatic nitrogens is 1. The van der Waals surface area contributed by atoms with E-state index >= 15 is 0 Å². The Labute approximate surface area is 172 Å². The third-order valence-corrected chi connectivity index (χ3v) is 4.77. The first-order chi connectivity index (χ1) is 13.9. The average Bonchev–Trinajstić information content (AvgIpc) is 2.74. The first-order valence-electron chi connectivity index (χ1n) is 9.54. The average molecular weight is 399 g/mol. The van der Waals surface area contributed by atoms with Gasteiger partial charge in [-0.25, -0.2) is 0 Å². The van der Waals surface area contributed by atoms with Crippen LogP contribution in [0.4, 0.5) is 0 Å². The van der Waals surface area contributed by atoms with Crippen LogP contribution < -0.4 is 9.47 Å². The Balaban J connectivity index is 1.89. The zero-order chi connectivity index (χ0) is 21.2. The third kappa shape index (κ3) is 6.78. The number of likely N-dealkylation sites (N-methyl/N-ethyl adjacent to an activating group) is 1. The smallest absolute Gasteiger partial charge is 0.224 e. The Morgan fingerprint density at radius 1 is 0.966 bits per heavy atom. The molecule has 1 heterocycles. The van der Waals surface area contributed by atoms with Gasteiger partial charge in [-0.05, 0) is 41.8 Å². The molecule has 2 amide bonds. The first-order valence-corrected chi connectivity index (χ1v) is 9.54. The van der Waals surface area contributed by atoms with E-state index in [1.165, 1.54) is 6.92 Å². The minimum absolute atomic E-state index is 0.0117. The first kappa shape index (κ1) is 22.2. The van der Waals surface area contributed by atoms with Crippen molar-refractivity contribution in [2.75, 3.05) is 34.4 Å². The van der Waals surface area contributed by atoms with Gasteiger partial charge in [0.25, 0.3) is 0 Å². The number of nitrogens with zero attached hydrogens (tertiary/aromatic N) is 3. The number of hydrogen-bond donors (Lipinski definition) is 0. The summed E-state index contributed by atoms with van der Waals surface area (Å²) in [6.07, 6.45) is 4.54. The highest BCUT2D eigenvalue weighted by Gasteiger charge is 2.15. The molecule has 0 aliphatic carbocycles. The zero-order valence-electron chi connectivity index (χ0n) is 17.6. The summed E-state index contributed by atoms with van der Waals surface area (Å²) in [5.41, 5.74) is 2.05. The van der Waals surface area contributed by atoms with Crippen molar-refractivity contribution in [2.24, 2.45) is 0 Å². The topological polar surface area (TPSA) is 72.0 Å². The van der Waals surface area contributed by atoms with Crippen LogP contribution in [0, 0.1) is 0 Å². The lowest BCUT2D eigenvalue weighted by molar-refractivity contribution is -0.133. The van der Waals surface area contributed by atoms with Crippen LogP contribution in [0.25, 0.3) is 0 Å². The predicted molar refractivity (Wildman–Crippen MR) is 111 cm³/mol. The van der Waals surface area contributed by atoms with Gasteiger partial charge in [0.2, 0.25) is 11.8 Å². The van der Waals surface area contributed by atoms with Gasteiger partial charge in [-0.1, -0.05) is 6.07 Å². The third-order valence-electron chi connectivity index (χ3n) is 4.77. The number of carbonyl (C=O) groups excluding carboxylic acids is 2. The van der Waals surface area contributed by atoms with Crippen LogP contribution in [0.3, 0.4) is 0 Å². The number of carbonyl (C=O) groups is 2. The number of pyridine rings is 1. The van der Waals surface area contributed by atoms with Crippen molar-refractivity contribution in [1.29, 1.82) is 0 Å². The summed E-state index contributed by atoms with van der Waals surface area (Å²) in [6, 6.07) is 9.43. The highest BCUT2D eigenvalue weighted by molar-refractivity contribution is 5.78. The summed E-state index contributed by atoms with van der Waals surface area (Å²) in [4.78, 5) is 31.9. The lowest BCUT2D eigenvalue weighted by Gasteiger charge is -2.23.